The summed E-state index contributed by atoms with van der Waals surface area (Å²) in [5.41, 5.74) is 0.691. The molecule has 2 aromatic rings. The van der Waals surface area contributed by atoms with E-state index in [9.17, 15) is 16.8 Å². The van der Waals surface area contributed by atoms with Crippen LogP contribution in [0, 0.1) is 0 Å². The average molecular weight is 436 g/mol. The Morgan fingerprint density at radius 3 is 2.69 bits per heavy atom. The summed E-state index contributed by atoms with van der Waals surface area (Å²) >= 11 is 7.43. The number of nitrogens with zero attached hydrogens (tertiary/aromatic N) is 2. The van der Waals surface area contributed by atoms with Crippen molar-refractivity contribution in [3.8, 4) is 0 Å². The fourth-order valence-corrected chi connectivity index (χ4v) is 7.13. The minimum absolute atomic E-state index is 0.00568. The van der Waals surface area contributed by atoms with Crippen LogP contribution in [0.3, 0.4) is 0 Å². The van der Waals surface area contributed by atoms with Gasteiger partial charge in [-0.15, -0.1) is 11.3 Å². The Hall–Kier alpha value is -1.20. The Balaban J connectivity index is 1.94. The van der Waals surface area contributed by atoms with Gasteiger partial charge in [0.05, 0.1) is 16.3 Å². The molecule has 7 nitrogen and oxygen atoms in total. The number of thiophene rings is 1. The molecule has 3 rings (SSSR count). The summed E-state index contributed by atoms with van der Waals surface area (Å²) in [5, 5.41) is 4.53. The van der Waals surface area contributed by atoms with E-state index >= 15 is 0 Å². The Labute approximate surface area is 162 Å². The first kappa shape index (κ1) is 19.6. The topological polar surface area (TPSA) is 96.4 Å². The summed E-state index contributed by atoms with van der Waals surface area (Å²) in [4.78, 5) is 4.14. The SMILES string of the molecule is C[C@H]1C[C@H](Nc2ncc(S(=O)(=O)N(C)C)cc2Cl)c2ccsc2S1(=O)=O. The van der Waals surface area contributed by atoms with Gasteiger partial charge in [0.2, 0.25) is 10.0 Å². The van der Waals surface area contributed by atoms with E-state index in [1.807, 2.05) is 0 Å². The average Bonchev–Trinajstić information content (AvgIpc) is 3.05. The molecule has 2 atom stereocenters. The molecule has 11 heteroatoms. The standard InChI is InChI=1S/C15H18ClN3O4S3/c1-9-6-13(11-4-5-24-15(11)25(9,20)21)18-14-12(16)7-10(8-17-14)26(22,23)19(2)3/h4-5,7-9,13H,6H2,1-3H3,(H,17,18)/t9-,13-/m0/s1. The van der Waals surface area contributed by atoms with Crippen molar-refractivity contribution < 1.29 is 16.8 Å². The molecule has 1 aliphatic rings. The quantitative estimate of drug-likeness (QED) is 0.793. The van der Waals surface area contributed by atoms with Gasteiger partial charge in [-0.05, 0) is 30.9 Å². The predicted octanol–water partition coefficient (Wildman–Crippen LogP) is 2.77. The number of sulfone groups is 1. The molecule has 0 aliphatic carbocycles. The molecule has 0 unspecified atom stereocenters. The van der Waals surface area contributed by atoms with E-state index in [1.165, 1.54) is 37.7 Å². The van der Waals surface area contributed by atoms with E-state index in [2.05, 4.69) is 10.3 Å². The molecule has 1 N–H and O–H groups in total. The summed E-state index contributed by atoms with van der Waals surface area (Å²) in [6.45, 7) is 1.68. The highest BCUT2D eigenvalue weighted by molar-refractivity contribution is 7.94. The fraction of sp³-hybridized carbons (Fsp3) is 0.400. The molecule has 0 fully saturated rings. The van der Waals surface area contributed by atoms with Crippen molar-refractivity contribution >= 4 is 48.6 Å². The summed E-state index contributed by atoms with van der Waals surface area (Å²) in [7, 11) is -4.08. The Morgan fingerprint density at radius 1 is 1.38 bits per heavy atom. The van der Waals surface area contributed by atoms with Crippen LogP contribution in [-0.4, -0.2) is 45.5 Å². The van der Waals surface area contributed by atoms with Crippen LogP contribution in [0.1, 0.15) is 24.9 Å². The van der Waals surface area contributed by atoms with Crippen LogP contribution in [0.25, 0.3) is 0 Å². The van der Waals surface area contributed by atoms with Gasteiger partial charge in [-0.2, -0.15) is 0 Å². The summed E-state index contributed by atoms with van der Waals surface area (Å²) in [6.07, 6.45) is 1.61. The second-order valence-corrected chi connectivity index (χ2v) is 12.3. The maximum Gasteiger partial charge on any atom is 0.244 e. The van der Waals surface area contributed by atoms with Gasteiger partial charge in [0, 0.05) is 25.9 Å². The maximum absolute atomic E-state index is 12.4. The number of nitrogens with one attached hydrogen (secondary N) is 1. The van der Waals surface area contributed by atoms with Crippen LogP contribution in [-0.2, 0) is 19.9 Å². The van der Waals surface area contributed by atoms with E-state index in [0.29, 0.717) is 22.0 Å². The maximum atomic E-state index is 12.4. The summed E-state index contributed by atoms with van der Waals surface area (Å²) in [5.74, 6) is 0.318. The molecule has 0 radical (unpaired) electrons. The molecule has 2 aromatic heterocycles. The third-order valence-corrected chi connectivity index (χ3v) is 10.1. The lowest BCUT2D eigenvalue weighted by atomic mass is 10.0. The number of anilines is 1. The minimum Gasteiger partial charge on any atom is -0.362 e. The Kier molecular flexibility index (Phi) is 5.08. The van der Waals surface area contributed by atoms with Crippen LogP contribution in [0.5, 0.6) is 0 Å². The largest absolute Gasteiger partial charge is 0.362 e. The molecule has 0 saturated heterocycles. The molecule has 0 aromatic carbocycles. The van der Waals surface area contributed by atoms with Gasteiger partial charge in [0.1, 0.15) is 14.9 Å². The summed E-state index contributed by atoms with van der Waals surface area (Å²) < 4.78 is 50.6. The van der Waals surface area contributed by atoms with Crippen LogP contribution >= 0.6 is 22.9 Å². The highest BCUT2D eigenvalue weighted by atomic mass is 35.5. The van der Waals surface area contributed by atoms with Gasteiger partial charge in [0.25, 0.3) is 0 Å². The zero-order valence-corrected chi connectivity index (χ0v) is 17.5. The second-order valence-electron chi connectivity index (χ2n) is 6.24. The molecule has 0 spiro atoms. The first-order valence-corrected chi connectivity index (χ1v) is 12.0. The molecular weight excluding hydrogens is 418 g/mol. The molecule has 26 heavy (non-hydrogen) atoms. The third kappa shape index (κ3) is 3.24. The van der Waals surface area contributed by atoms with Gasteiger partial charge in [-0.25, -0.2) is 26.1 Å². The van der Waals surface area contributed by atoms with Gasteiger partial charge in [0.15, 0.2) is 9.84 Å². The molecule has 3 heterocycles. The highest BCUT2D eigenvalue weighted by Crippen LogP contribution is 2.41. The minimum atomic E-state index is -3.63. The zero-order chi connectivity index (χ0) is 19.3. The van der Waals surface area contributed by atoms with Gasteiger partial charge in [-0.3, -0.25) is 0 Å². The molecular formula is C15H18ClN3O4S3. The van der Waals surface area contributed by atoms with Crippen LogP contribution in [0.4, 0.5) is 5.82 Å². The number of rotatable bonds is 4. The number of hydrogen-bond donors (Lipinski definition) is 1. The Morgan fingerprint density at radius 2 is 2.08 bits per heavy atom. The number of hydrogen-bond acceptors (Lipinski definition) is 7. The highest BCUT2D eigenvalue weighted by Gasteiger charge is 2.37. The lowest BCUT2D eigenvalue weighted by molar-refractivity contribution is 0.520. The Bertz CT molecular complexity index is 1050. The van der Waals surface area contributed by atoms with Crippen molar-refractivity contribution in [1.82, 2.24) is 9.29 Å². The second kappa shape index (κ2) is 6.75. The lowest BCUT2D eigenvalue weighted by Gasteiger charge is -2.28. The smallest absolute Gasteiger partial charge is 0.244 e. The monoisotopic (exact) mass is 435 g/mol. The van der Waals surface area contributed by atoms with Crippen LogP contribution < -0.4 is 5.32 Å². The fourth-order valence-electron chi connectivity index (χ4n) is 2.74. The van der Waals surface area contributed by atoms with Crippen molar-refractivity contribution in [3.63, 3.8) is 0 Å². The first-order valence-electron chi connectivity index (χ1n) is 7.71. The zero-order valence-electron chi connectivity index (χ0n) is 14.3. The van der Waals surface area contributed by atoms with E-state index in [0.717, 1.165) is 4.31 Å². The van der Waals surface area contributed by atoms with Crippen molar-refractivity contribution in [2.45, 2.75) is 33.7 Å². The van der Waals surface area contributed by atoms with Crippen molar-refractivity contribution in [2.75, 3.05) is 19.4 Å². The van der Waals surface area contributed by atoms with Crippen LogP contribution in [0.15, 0.2) is 32.8 Å². The van der Waals surface area contributed by atoms with E-state index in [1.54, 1.807) is 18.4 Å². The van der Waals surface area contributed by atoms with Gasteiger partial charge >= 0.3 is 0 Å². The number of sulfonamides is 1. The predicted molar refractivity (Wildman–Crippen MR) is 102 cm³/mol. The number of halogens is 1. The lowest BCUT2D eigenvalue weighted by Crippen LogP contribution is -2.30. The van der Waals surface area contributed by atoms with E-state index in [-0.39, 0.29) is 16.0 Å². The molecule has 1 aliphatic heterocycles. The normalized spacial score (nSPS) is 22.2. The summed E-state index contributed by atoms with van der Waals surface area (Å²) in [6, 6.07) is 2.85. The molecule has 0 amide bonds. The van der Waals surface area contributed by atoms with Crippen LogP contribution in [0.2, 0.25) is 5.02 Å². The van der Waals surface area contributed by atoms with Gasteiger partial charge < -0.3 is 5.32 Å². The number of fused-ring (bicyclic) bond motifs is 1. The molecule has 142 valence electrons. The van der Waals surface area contributed by atoms with Gasteiger partial charge in [-0.1, -0.05) is 11.6 Å². The van der Waals surface area contributed by atoms with E-state index in [4.69, 9.17) is 11.6 Å². The number of pyridine rings is 1. The van der Waals surface area contributed by atoms with Crippen molar-refractivity contribution in [3.05, 3.63) is 34.3 Å². The number of aromatic nitrogens is 1. The molecule has 0 bridgehead atoms. The first-order chi connectivity index (χ1) is 12.0. The van der Waals surface area contributed by atoms with E-state index < -0.39 is 25.1 Å². The van der Waals surface area contributed by atoms with Crippen molar-refractivity contribution in [2.24, 2.45) is 0 Å². The van der Waals surface area contributed by atoms with Crippen molar-refractivity contribution in [1.29, 1.82) is 0 Å². The third-order valence-electron chi connectivity index (χ3n) is 4.30. The molecule has 0 saturated carbocycles.